The predicted molar refractivity (Wildman–Crippen MR) is 68.5 cm³/mol. The highest BCUT2D eigenvalue weighted by atomic mass is 19.1. The van der Waals surface area contributed by atoms with Crippen LogP contribution >= 0.6 is 0 Å². The van der Waals surface area contributed by atoms with Crippen molar-refractivity contribution in [2.45, 2.75) is 20.8 Å². The molecule has 0 bridgehead atoms. The molecule has 0 heterocycles. The van der Waals surface area contributed by atoms with E-state index in [0.29, 0.717) is 0 Å². The molecular weight excluding hydrogens is 270 g/mol. The maximum atomic E-state index is 13.9. The van der Waals surface area contributed by atoms with Gasteiger partial charge in [-0.1, -0.05) is 0 Å². The molecule has 0 N–H and O–H groups in total. The summed E-state index contributed by atoms with van der Waals surface area (Å²) >= 11 is 0. The van der Waals surface area contributed by atoms with Crippen LogP contribution in [0.25, 0.3) is 0 Å². The molecule has 0 aliphatic heterocycles. The van der Waals surface area contributed by atoms with Crippen LogP contribution in [0.4, 0.5) is 8.78 Å². The molecule has 0 aromatic heterocycles. The minimum Gasteiger partial charge on any atom is -0.491 e. The van der Waals surface area contributed by atoms with Gasteiger partial charge in [0.15, 0.2) is 11.6 Å². The smallest absolute Gasteiger partial charge is 0.334 e. The fraction of sp³-hybridized carbons (Fsp3) is 0.357. The fourth-order valence-electron chi connectivity index (χ4n) is 1.42. The largest absolute Gasteiger partial charge is 0.491 e. The van der Waals surface area contributed by atoms with Crippen LogP contribution in [0.3, 0.4) is 0 Å². The first-order chi connectivity index (χ1) is 9.49. The van der Waals surface area contributed by atoms with Crippen molar-refractivity contribution < 1.29 is 27.8 Å². The molecule has 110 valence electrons. The molecule has 20 heavy (non-hydrogen) atoms. The van der Waals surface area contributed by atoms with Crippen LogP contribution in [0.5, 0.6) is 11.5 Å². The highest BCUT2D eigenvalue weighted by molar-refractivity contribution is 5.82. The predicted octanol–water partition coefficient (Wildman–Crippen LogP) is 3.21. The molecule has 0 radical (unpaired) electrons. The van der Waals surface area contributed by atoms with Gasteiger partial charge in [0, 0.05) is 0 Å². The van der Waals surface area contributed by atoms with Gasteiger partial charge in [0.2, 0.25) is 11.6 Å². The lowest BCUT2D eigenvalue weighted by molar-refractivity contribution is -0.137. The van der Waals surface area contributed by atoms with E-state index in [0.717, 1.165) is 12.1 Å². The van der Waals surface area contributed by atoms with Crippen LogP contribution in [0.2, 0.25) is 0 Å². The van der Waals surface area contributed by atoms with Crippen LogP contribution in [0, 0.1) is 11.6 Å². The molecule has 1 aromatic carbocycles. The number of esters is 1. The van der Waals surface area contributed by atoms with Gasteiger partial charge in [-0.15, -0.1) is 0 Å². The summed E-state index contributed by atoms with van der Waals surface area (Å²) < 4.78 is 42.2. The quantitative estimate of drug-likeness (QED) is 0.457. The second-order valence-corrected chi connectivity index (χ2v) is 3.73. The number of carbonyl (C=O) groups excluding carboxylic acids is 1. The lowest BCUT2D eigenvalue weighted by Crippen LogP contribution is -2.05. The number of halogens is 2. The van der Waals surface area contributed by atoms with Crippen molar-refractivity contribution in [2.75, 3.05) is 13.2 Å². The average Bonchev–Trinajstić information content (AvgIpc) is 2.38. The Kier molecular flexibility index (Phi) is 5.96. The highest BCUT2D eigenvalue weighted by Gasteiger charge is 2.17. The van der Waals surface area contributed by atoms with Crippen molar-refractivity contribution in [3.63, 3.8) is 0 Å². The van der Waals surface area contributed by atoms with Gasteiger partial charge in [0.1, 0.15) is 5.76 Å². The SMILES string of the molecule is CCOC(=O)C=C(C)Oc1c(F)ccc(OCC)c1F. The van der Waals surface area contributed by atoms with E-state index in [1.165, 1.54) is 13.0 Å². The number of allylic oxidation sites excluding steroid dienone is 1. The molecular formula is C14H16F2O4. The third kappa shape index (κ3) is 4.22. The van der Waals surface area contributed by atoms with Crippen LogP contribution in [-0.2, 0) is 9.53 Å². The lowest BCUT2D eigenvalue weighted by Gasteiger charge is -2.11. The average molecular weight is 286 g/mol. The summed E-state index contributed by atoms with van der Waals surface area (Å²) in [6.07, 6.45) is 1.01. The molecule has 6 heteroatoms. The number of benzene rings is 1. The Morgan fingerprint density at radius 1 is 1.25 bits per heavy atom. The third-order valence-corrected chi connectivity index (χ3v) is 2.18. The van der Waals surface area contributed by atoms with Crippen molar-refractivity contribution in [2.24, 2.45) is 0 Å². The van der Waals surface area contributed by atoms with E-state index in [2.05, 4.69) is 4.74 Å². The first-order valence-electron chi connectivity index (χ1n) is 6.13. The van der Waals surface area contributed by atoms with E-state index in [4.69, 9.17) is 9.47 Å². The summed E-state index contributed by atoms with van der Waals surface area (Å²) in [7, 11) is 0. The van der Waals surface area contributed by atoms with E-state index < -0.39 is 23.4 Å². The summed E-state index contributed by atoms with van der Waals surface area (Å²) in [5.74, 6) is -3.21. The lowest BCUT2D eigenvalue weighted by atomic mass is 10.3. The fourth-order valence-corrected chi connectivity index (χ4v) is 1.42. The van der Waals surface area contributed by atoms with Crippen LogP contribution in [-0.4, -0.2) is 19.2 Å². The second-order valence-electron chi connectivity index (χ2n) is 3.73. The molecule has 1 aromatic rings. The van der Waals surface area contributed by atoms with Crippen LogP contribution < -0.4 is 9.47 Å². The van der Waals surface area contributed by atoms with Gasteiger partial charge in [-0.25, -0.2) is 9.18 Å². The Hall–Kier alpha value is -2.11. The molecule has 0 amide bonds. The zero-order chi connectivity index (χ0) is 15.1. The molecule has 0 unspecified atom stereocenters. The van der Waals surface area contributed by atoms with Crippen molar-refractivity contribution >= 4 is 5.97 Å². The van der Waals surface area contributed by atoms with Crippen molar-refractivity contribution in [3.05, 3.63) is 35.6 Å². The summed E-state index contributed by atoms with van der Waals surface area (Å²) in [5.41, 5.74) is 0. The highest BCUT2D eigenvalue weighted by Crippen LogP contribution is 2.30. The topological polar surface area (TPSA) is 44.8 Å². The number of rotatable bonds is 6. The number of carbonyl (C=O) groups is 1. The van der Waals surface area contributed by atoms with Gasteiger partial charge in [-0.3, -0.25) is 0 Å². The molecule has 0 spiro atoms. The van der Waals surface area contributed by atoms with Crippen LogP contribution in [0.1, 0.15) is 20.8 Å². The van der Waals surface area contributed by atoms with E-state index >= 15 is 0 Å². The summed E-state index contributed by atoms with van der Waals surface area (Å²) in [6.45, 7) is 5.15. The molecule has 4 nitrogen and oxygen atoms in total. The van der Waals surface area contributed by atoms with E-state index in [1.807, 2.05) is 0 Å². The third-order valence-electron chi connectivity index (χ3n) is 2.18. The zero-order valence-electron chi connectivity index (χ0n) is 11.5. The zero-order valence-corrected chi connectivity index (χ0v) is 11.5. The second kappa shape index (κ2) is 7.47. The van der Waals surface area contributed by atoms with Gasteiger partial charge in [0.25, 0.3) is 0 Å². The normalized spacial score (nSPS) is 11.2. The Balaban J connectivity index is 2.96. The molecule has 0 aliphatic rings. The number of hydrogen-bond donors (Lipinski definition) is 0. The molecule has 0 fully saturated rings. The van der Waals surface area contributed by atoms with E-state index in [-0.39, 0.29) is 24.7 Å². The minimum atomic E-state index is -0.955. The summed E-state index contributed by atoms with van der Waals surface area (Å²) in [5, 5.41) is 0. The monoisotopic (exact) mass is 286 g/mol. The number of ether oxygens (including phenoxy) is 3. The Labute approximate surface area is 115 Å². The van der Waals surface area contributed by atoms with E-state index in [1.54, 1.807) is 13.8 Å². The van der Waals surface area contributed by atoms with Gasteiger partial charge in [0.05, 0.1) is 19.3 Å². The minimum absolute atomic E-state index is 0.00917. The Morgan fingerprint density at radius 3 is 2.55 bits per heavy atom. The first-order valence-corrected chi connectivity index (χ1v) is 6.13. The molecule has 1 rings (SSSR count). The van der Waals surface area contributed by atoms with E-state index in [9.17, 15) is 13.6 Å². The van der Waals surface area contributed by atoms with Crippen molar-refractivity contribution in [3.8, 4) is 11.5 Å². The first kappa shape index (κ1) is 15.9. The van der Waals surface area contributed by atoms with Gasteiger partial charge >= 0.3 is 5.97 Å². The molecule has 0 saturated carbocycles. The molecule has 0 saturated heterocycles. The van der Waals surface area contributed by atoms with Crippen LogP contribution in [0.15, 0.2) is 24.0 Å². The maximum absolute atomic E-state index is 13.9. The Morgan fingerprint density at radius 2 is 1.95 bits per heavy atom. The van der Waals surface area contributed by atoms with Gasteiger partial charge < -0.3 is 14.2 Å². The van der Waals surface area contributed by atoms with Crippen molar-refractivity contribution in [1.82, 2.24) is 0 Å². The Bertz CT molecular complexity index is 512. The number of hydrogen-bond acceptors (Lipinski definition) is 4. The van der Waals surface area contributed by atoms with Gasteiger partial charge in [-0.05, 0) is 32.9 Å². The maximum Gasteiger partial charge on any atom is 0.334 e. The standard InChI is InChI=1S/C14H16F2O4/c1-4-18-11-7-6-10(15)14(13(11)16)20-9(3)8-12(17)19-5-2/h6-8H,4-5H2,1-3H3. The van der Waals surface area contributed by atoms with Gasteiger partial charge in [-0.2, -0.15) is 4.39 Å². The molecule has 0 aliphatic carbocycles. The molecule has 0 atom stereocenters. The summed E-state index contributed by atoms with van der Waals surface area (Å²) in [6, 6.07) is 2.20. The summed E-state index contributed by atoms with van der Waals surface area (Å²) in [4.78, 5) is 11.2. The van der Waals surface area contributed by atoms with Crippen molar-refractivity contribution in [1.29, 1.82) is 0 Å².